The summed E-state index contributed by atoms with van der Waals surface area (Å²) >= 11 is 11.8. The first kappa shape index (κ1) is 18.2. The van der Waals surface area contributed by atoms with E-state index in [1.807, 2.05) is 25.1 Å². The minimum atomic E-state index is -0.596. The lowest BCUT2D eigenvalue weighted by Crippen LogP contribution is -2.30. The number of carbonyl (C=O) groups excluding carboxylic acids is 1. The van der Waals surface area contributed by atoms with E-state index in [2.05, 4.69) is 10.6 Å². The number of nitrogens with zero attached hydrogens (tertiary/aromatic N) is 1. The number of nitrogens with one attached hydrogen (secondary N) is 2. The fourth-order valence-electron chi connectivity index (χ4n) is 2.14. The lowest BCUT2D eigenvalue weighted by atomic mass is 10.1. The van der Waals surface area contributed by atoms with Crippen molar-refractivity contribution in [1.82, 2.24) is 5.32 Å². The average molecular weight is 368 g/mol. The van der Waals surface area contributed by atoms with Gasteiger partial charge in [0, 0.05) is 22.2 Å². The first-order valence-corrected chi connectivity index (χ1v) is 7.85. The molecule has 126 valence electrons. The average Bonchev–Trinajstić information content (AvgIpc) is 2.54. The van der Waals surface area contributed by atoms with E-state index in [1.165, 1.54) is 18.2 Å². The topological polar surface area (TPSA) is 84.3 Å². The maximum atomic E-state index is 12.0. The van der Waals surface area contributed by atoms with Crippen LogP contribution in [0.2, 0.25) is 10.0 Å². The van der Waals surface area contributed by atoms with Gasteiger partial charge < -0.3 is 10.6 Å². The van der Waals surface area contributed by atoms with Gasteiger partial charge in [0.15, 0.2) is 0 Å². The first-order chi connectivity index (χ1) is 11.4. The summed E-state index contributed by atoms with van der Waals surface area (Å²) in [5.74, 6) is -0.403. The third-order valence-corrected chi connectivity index (χ3v) is 3.95. The molecule has 2 aromatic rings. The van der Waals surface area contributed by atoms with Gasteiger partial charge in [0.25, 0.3) is 5.69 Å². The van der Waals surface area contributed by atoms with Gasteiger partial charge in [-0.2, -0.15) is 0 Å². The third kappa shape index (κ3) is 4.67. The summed E-state index contributed by atoms with van der Waals surface area (Å²) < 4.78 is 0. The van der Waals surface area contributed by atoms with Crippen LogP contribution in [0.5, 0.6) is 0 Å². The van der Waals surface area contributed by atoms with E-state index in [0.29, 0.717) is 5.02 Å². The molecule has 2 rings (SSSR count). The molecule has 0 radical (unpaired) electrons. The zero-order chi connectivity index (χ0) is 17.7. The smallest absolute Gasteiger partial charge is 0.294 e. The van der Waals surface area contributed by atoms with E-state index in [9.17, 15) is 14.9 Å². The normalized spacial score (nSPS) is 11.8. The van der Waals surface area contributed by atoms with Gasteiger partial charge in [-0.05, 0) is 30.7 Å². The lowest BCUT2D eigenvalue weighted by molar-refractivity contribution is -0.383. The molecule has 1 amide bonds. The van der Waals surface area contributed by atoms with Crippen molar-refractivity contribution in [3.63, 3.8) is 0 Å². The molecule has 0 heterocycles. The predicted molar refractivity (Wildman–Crippen MR) is 94.6 cm³/mol. The highest BCUT2D eigenvalue weighted by Crippen LogP contribution is 2.27. The van der Waals surface area contributed by atoms with Crippen LogP contribution in [-0.4, -0.2) is 17.4 Å². The van der Waals surface area contributed by atoms with Gasteiger partial charge in [-0.1, -0.05) is 41.4 Å². The van der Waals surface area contributed by atoms with Crippen LogP contribution in [0.4, 0.5) is 11.4 Å². The first-order valence-electron chi connectivity index (χ1n) is 7.10. The van der Waals surface area contributed by atoms with Crippen LogP contribution >= 0.6 is 23.2 Å². The Morgan fingerprint density at radius 3 is 2.62 bits per heavy atom. The molecule has 0 fully saturated rings. The summed E-state index contributed by atoms with van der Waals surface area (Å²) in [5.41, 5.74) is 0.709. The second-order valence-electron chi connectivity index (χ2n) is 5.09. The largest absolute Gasteiger partial charge is 0.319 e. The number of hydrogen-bond acceptors (Lipinski definition) is 4. The van der Waals surface area contributed by atoms with Crippen molar-refractivity contribution >= 4 is 40.5 Å². The van der Waals surface area contributed by atoms with Crippen molar-refractivity contribution in [3.05, 3.63) is 68.2 Å². The predicted octanol–water partition coefficient (Wildman–Crippen LogP) is 4.19. The molecule has 0 spiro atoms. The van der Waals surface area contributed by atoms with Gasteiger partial charge in [0.1, 0.15) is 5.69 Å². The number of hydrogen-bond donors (Lipinski definition) is 2. The van der Waals surface area contributed by atoms with Crippen molar-refractivity contribution in [1.29, 1.82) is 0 Å². The molecular weight excluding hydrogens is 353 g/mol. The molecule has 0 saturated heterocycles. The Morgan fingerprint density at radius 2 is 1.96 bits per heavy atom. The van der Waals surface area contributed by atoms with Crippen molar-refractivity contribution in [2.45, 2.75) is 13.0 Å². The number of amides is 1. The van der Waals surface area contributed by atoms with Crippen molar-refractivity contribution in [3.8, 4) is 0 Å². The molecule has 2 aromatic carbocycles. The summed E-state index contributed by atoms with van der Waals surface area (Å²) in [5, 5.41) is 17.4. The van der Waals surface area contributed by atoms with Crippen molar-refractivity contribution in [2.24, 2.45) is 0 Å². The van der Waals surface area contributed by atoms with Crippen LogP contribution in [0, 0.1) is 10.1 Å². The van der Waals surface area contributed by atoms with E-state index in [0.717, 1.165) is 5.56 Å². The Morgan fingerprint density at radius 1 is 1.25 bits per heavy atom. The Labute approximate surface area is 148 Å². The van der Waals surface area contributed by atoms with Crippen LogP contribution in [0.3, 0.4) is 0 Å². The molecule has 0 bridgehead atoms. The molecule has 2 N–H and O–H groups in total. The Kier molecular flexibility index (Phi) is 6.14. The molecule has 1 atom stereocenters. The van der Waals surface area contributed by atoms with Gasteiger partial charge >= 0.3 is 0 Å². The highest BCUT2D eigenvalue weighted by atomic mass is 35.5. The number of nitro groups is 1. The zero-order valence-corrected chi connectivity index (χ0v) is 14.3. The van der Waals surface area contributed by atoms with E-state index in [4.69, 9.17) is 23.2 Å². The van der Waals surface area contributed by atoms with E-state index < -0.39 is 10.8 Å². The molecule has 0 aliphatic carbocycles. The SMILES string of the molecule is C[C@H](NCC(=O)Nc1ccc(Cl)cc1[N+](=O)[O-])c1ccccc1Cl. The zero-order valence-electron chi connectivity index (χ0n) is 12.8. The molecule has 6 nitrogen and oxygen atoms in total. The number of anilines is 1. The highest BCUT2D eigenvalue weighted by Gasteiger charge is 2.17. The Balaban J connectivity index is 1.99. The molecule has 24 heavy (non-hydrogen) atoms. The summed E-state index contributed by atoms with van der Waals surface area (Å²) in [7, 11) is 0. The molecule has 0 saturated carbocycles. The lowest BCUT2D eigenvalue weighted by Gasteiger charge is -2.15. The third-order valence-electron chi connectivity index (χ3n) is 3.37. The second-order valence-corrected chi connectivity index (χ2v) is 5.93. The van der Waals surface area contributed by atoms with Gasteiger partial charge in [0.2, 0.25) is 5.91 Å². The maximum Gasteiger partial charge on any atom is 0.294 e. The highest BCUT2D eigenvalue weighted by molar-refractivity contribution is 6.31. The Bertz CT molecular complexity index is 768. The number of halogens is 2. The minimum Gasteiger partial charge on any atom is -0.319 e. The van der Waals surface area contributed by atoms with Gasteiger partial charge in [-0.15, -0.1) is 0 Å². The fraction of sp³-hybridized carbons (Fsp3) is 0.188. The summed E-state index contributed by atoms with van der Waals surface area (Å²) in [6.07, 6.45) is 0. The van der Waals surface area contributed by atoms with Crippen molar-refractivity contribution in [2.75, 3.05) is 11.9 Å². The van der Waals surface area contributed by atoms with Crippen LogP contribution in [0.25, 0.3) is 0 Å². The molecule has 0 aromatic heterocycles. The summed E-state index contributed by atoms with van der Waals surface area (Å²) in [6, 6.07) is 11.2. The van der Waals surface area contributed by atoms with E-state index in [1.54, 1.807) is 6.07 Å². The van der Waals surface area contributed by atoms with E-state index in [-0.39, 0.29) is 29.0 Å². The molecular formula is C16H15Cl2N3O3. The van der Waals surface area contributed by atoms with Crippen LogP contribution in [0.15, 0.2) is 42.5 Å². The number of rotatable bonds is 6. The molecule has 8 heteroatoms. The van der Waals surface area contributed by atoms with Gasteiger partial charge in [-0.3, -0.25) is 14.9 Å². The van der Waals surface area contributed by atoms with E-state index >= 15 is 0 Å². The fourth-order valence-corrected chi connectivity index (χ4v) is 2.60. The minimum absolute atomic E-state index is 0.0217. The summed E-state index contributed by atoms with van der Waals surface area (Å²) in [4.78, 5) is 22.4. The quantitative estimate of drug-likeness (QED) is 0.592. The van der Waals surface area contributed by atoms with Crippen LogP contribution in [0.1, 0.15) is 18.5 Å². The van der Waals surface area contributed by atoms with Crippen LogP contribution in [-0.2, 0) is 4.79 Å². The Hall–Kier alpha value is -2.15. The van der Waals surface area contributed by atoms with Gasteiger partial charge in [-0.25, -0.2) is 0 Å². The second kappa shape index (κ2) is 8.10. The van der Waals surface area contributed by atoms with Gasteiger partial charge in [0.05, 0.1) is 11.5 Å². The number of benzene rings is 2. The molecule has 0 aliphatic heterocycles. The monoisotopic (exact) mass is 367 g/mol. The number of nitro benzene ring substituents is 1. The molecule has 0 unspecified atom stereocenters. The van der Waals surface area contributed by atoms with Crippen molar-refractivity contribution < 1.29 is 9.72 Å². The number of carbonyl (C=O) groups is 1. The summed E-state index contributed by atoms with van der Waals surface area (Å²) in [6.45, 7) is 1.85. The standard InChI is InChI=1S/C16H15Cl2N3O3/c1-10(12-4-2-3-5-13(12)18)19-9-16(22)20-14-7-6-11(17)8-15(14)21(23)24/h2-8,10,19H,9H2,1H3,(H,20,22)/t10-/m0/s1. The van der Waals surface area contributed by atoms with Crippen LogP contribution < -0.4 is 10.6 Å². The maximum absolute atomic E-state index is 12.0. The molecule has 0 aliphatic rings.